The van der Waals surface area contributed by atoms with Gasteiger partial charge in [-0.1, -0.05) is 6.07 Å². The number of halogens is 3. The third-order valence-electron chi connectivity index (χ3n) is 2.22. The minimum atomic E-state index is -4.79. The second-order valence-corrected chi connectivity index (χ2v) is 3.67. The van der Waals surface area contributed by atoms with Crippen molar-refractivity contribution in [3.8, 4) is 11.5 Å². The van der Waals surface area contributed by atoms with Gasteiger partial charge in [0.05, 0.1) is 13.7 Å². The zero-order valence-corrected chi connectivity index (χ0v) is 9.70. The molecule has 1 rings (SSSR count). The molecule has 0 aliphatic heterocycles. The Balaban J connectivity index is 3.00. The second kappa shape index (κ2) is 5.92. The van der Waals surface area contributed by atoms with Crippen molar-refractivity contribution in [3.63, 3.8) is 0 Å². The largest absolute Gasteiger partial charge is 0.573 e. The Morgan fingerprint density at radius 2 is 2.06 bits per heavy atom. The second-order valence-electron chi connectivity index (χ2n) is 3.67. The van der Waals surface area contributed by atoms with Gasteiger partial charge in [-0.3, -0.25) is 0 Å². The molecule has 3 N–H and O–H groups in total. The smallest absolute Gasteiger partial charge is 0.497 e. The number of hydrogen-bond donors (Lipinski definition) is 2. The molecule has 0 radical (unpaired) electrons. The van der Waals surface area contributed by atoms with Crippen LogP contribution in [0.5, 0.6) is 11.5 Å². The molecular formula is C11H14F3NO3. The lowest BCUT2D eigenvalue weighted by molar-refractivity contribution is -0.274. The molecule has 1 atom stereocenters. The summed E-state index contributed by atoms with van der Waals surface area (Å²) in [4.78, 5) is 0. The molecule has 0 amide bonds. The van der Waals surface area contributed by atoms with E-state index in [0.717, 1.165) is 6.07 Å². The predicted molar refractivity (Wildman–Crippen MR) is 58.4 cm³/mol. The van der Waals surface area contributed by atoms with E-state index in [1.54, 1.807) is 0 Å². The van der Waals surface area contributed by atoms with E-state index in [1.165, 1.54) is 19.2 Å². The van der Waals surface area contributed by atoms with Crippen molar-refractivity contribution in [1.29, 1.82) is 0 Å². The average molecular weight is 265 g/mol. The first kappa shape index (κ1) is 14.6. The maximum atomic E-state index is 12.2. The Bertz CT molecular complexity index is 396. The van der Waals surface area contributed by atoms with E-state index in [1.807, 2.05) is 0 Å². The van der Waals surface area contributed by atoms with E-state index in [0.29, 0.717) is 0 Å². The van der Waals surface area contributed by atoms with E-state index in [2.05, 4.69) is 4.74 Å². The van der Waals surface area contributed by atoms with Crippen molar-refractivity contribution < 1.29 is 27.8 Å². The minimum absolute atomic E-state index is 0.0753. The number of hydrogen-bond acceptors (Lipinski definition) is 4. The van der Waals surface area contributed by atoms with E-state index in [4.69, 9.17) is 15.6 Å². The lowest BCUT2D eigenvalue weighted by atomic mass is 10.1. The summed E-state index contributed by atoms with van der Waals surface area (Å²) in [5.74, 6) is -0.124. The van der Waals surface area contributed by atoms with E-state index >= 15 is 0 Å². The highest BCUT2D eigenvalue weighted by Gasteiger charge is 2.32. The third kappa shape index (κ3) is 4.42. The highest BCUT2D eigenvalue weighted by Crippen LogP contribution is 2.30. The molecule has 102 valence electrons. The van der Waals surface area contributed by atoms with Crippen molar-refractivity contribution in [2.24, 2.45) is 5.73 Å². The Morgan fingerprint density at radius 3 is 2.56 bits per heavy atom. The minimum Gasteiger partial charge on any atom is -0.497 e. The van der Waals surface area contributed by atoms with Gasteiger partial charge >= 0.3 is 6.36 Å². The zero-order chi connectivity index (χ0) is 13.8. The van der Waals surface area contributed by atoms with Gasteiger partial charge in [0.25, 0.3) is 0 Å². The molecule has 0 saturated heterocycles. The van der Waals surface area contributed by atoms with E-state index in [-0.39, 0.29) is 30.1 Å². The molecule has 0 spiro atoms. The van der Waals surface area contributed by atoms with Crippen LogP contribution in [0.3, 0.4) is 0 Å². The summed E-state index contributed by atoms with van der Waals surface area (Å²) < 4.78 is 45.4. The first-order chi connectivity index (χ1) is 8.35. The van der Waals surface area contributed by atoms with Gasteiger partial charge in [0, 0.05) is 12.1 Å². The molecule has 7 heteroatoms. The molecule has 0 bridgehead atoms. The maximum Gasteiger partial charge on any atom is 0.573 e. The Morgan fingerprint density at radius 1 is 1.39 bits per heavy atom. The molecule has 0 fully saturated rings. The van der Waals surface area contributed by atoms with Gasteiger partial charge in [-0.2, -0.15) is 0 Å². The van der Waals surface area contributed by atoms with Crippen molar-refractivity contribution in [2.75, 3.05) is 13.7 Å². The van der Waals surface area contributed by atoms with Crippen LogP contribution in [0.4, 0.5) is 13.2 Å². The number of aliphatic hydroxyl groups excluding tert-OH is 1. The van der Waals surface area contributed by atoms with Crippen LogP contribution < -0.4 is 15.2 Å². The number of alkyl halides is 3. The molecule has 0 heterocycles. The fraction of sp³-hybridized carbons (Fsp3) is 0.455. The van der Waals surface area contributed by atoms with Gasteiger partial charge in [-0.15, -0.1) is 13.2 Å². The van der Waals surface area contributed by atoms with Crippen LogP contribution in [0.25, 0.3) is 0 Å². The molecule has 18 heavy (non-hydrogen) atoms. The topological polar surface area (TPSA) is 64.7 Å². The van der Waals surface area contributed by atoms with Crippen LogP contribution >= 0.6 is 0 Å². The number of ether oxygens (including phenoxy) is 2. The summed E-state index contributed by atoms with van der Waals surface area (Å²) in [5, 5.41) is 8.81. The van der Waals surface area contributed by atoms with E-state index in [9.17, 15) is 13.2 Å². The van der Waals surface area contributed by atoms with Crippen LogP contribution in [-0.4, -0.2) is 31.2 Å². The Kier molecular flexibility index (Phi) is 4.80. The number of rotatable bonds is 5. The Hall–Kier alpha value is -1.47. The first-order valence-corrected chi connectivity index (χ1v) is 5.15. The first-order valence-electron chi connectivity index (χ1n) is 5.15. The third-order valence-corrected chi connectivity index (χ3v) is 2.22. The van der Waals surface area contributed by atoms with Crippen molar-refractivity contribution in [1.82, 2.24) is 0 Å². The van der Waals surface area contributed by atoms with Crippen molar-refractivity contribution in [3.05, 3.63) is 23.8 Å². The summed E-state index contributed by atoms with van der Waals surface area (Å²) in [6, 6.07) is 3.42. The number of nitrogens with two attached hydrogens (primary N) is 1. The molecule has 0 aliphatic rings. The lowest BCUT2D eigenvalue weighted by Gasteiger charge is -2.16. The summed E-state index contributed by atoms with van der Waals surface area (Å²) in [6.07, 6.45) is -4.71. The summed E-state index contributed by atoms with van der Waals surface area (Å²) in [7, 11) is 1.34. The highest BCUT2D eigenvalue weighted by atomic mass is 19.4. The SMILES string of the molecule is COc1ccc(CC(N)CO)c(OC(F)(F)F)c1. The normalized spacial score (nSPS) is 13.2. The van der Waals surface area contributed by atoms with Gasteiger partial charge in [0.15, 0.2) is 0 Å². The number of aliphatic hydroxyl groups is 1. The standard InChI is InChI=1S/C11H14F3NO3/c1-17-9-3-2-7(4-8(15)6-16)10(5-9)18-11(12,13)14/h2-3,5,8,16H,4,6,15H2,1H3. The summed E-state index contributed by atoms with van der Waals surface area (Å²) in [5.41, 5.74) is 5.75. The molecule has 1 aromatic carbocycles. The predicted octanol–water partition coefficient (Wildman–Crippen LogP) is 1.46. The fourth-order valence-electron chi connectivity index (χ4n) is 1.40. The van der Waals surface area contributed by atoms with Crippen LogP contribution in [0, 0.1) is 0 Å². The molecule has 4 nitrogen and oxygen atoms in total. The number of methoxy groups -OCH3 is 1. The van der Waals surface area contributed by atoms with Gasteiger partial charge < -0.3 is 20.3 Å². The van der Waals surface area contributed by atoms with Crippen LogP contribution in [0.2, 0.25) is 0 Å². The zero-order valence-electron chi connectivity index (χ0n) is 9.70. The Labute approximate surface area is 102 Å². The average Bonchev–Trinajstić information content (AvgIpc) is 2.29. The molecular weight excluding hydrogens is 251 g/mol. The van der Waals surface area contributed by atoms with Gasteiger partial charge in [0.2, 0.25) is 0 Å². The number of benzene rings is 1. The van der Waals surface area contributed by atoms with Crippen LogP contribution in [0.1, 0.15) is 5.56 Å². The van der Waals surface area contributed by atoms with Crippen molar-refractivity contribution in [2.45, 2.75) is 18.8 Å². The van der Waals surface area contributed by atoms with Crippen LogP contribution in [0.15, 0.2) is 18.2 Å². The lowest BCUT2D eigenvalue weighted by Crippen LogP contribution is -2.27. The molecule has 0 aliphatic carbocycles. The van der Waals surface area contributed by atoms with Gasteiger partial charge in [0.1, 0.15) is 11.5 Å². The van der Waals surface area contributed by atoms with Crippen molar-refractivity contribution >= 4 is 0 Å². The van der Waals surface area contributed by atoms with E-state index < -0.39 is 12.4 Å². The summed E-state index contributed by atoms with van der Waals surface area (Å²) >= 11 is 0. The summed E-state index contributed by atoms with van der Waals surface area (Å²) in [6.45, 7) is -0.322. The molecule has 1 unspecified atom stereocenters. The highest BCUT2D eigenvalue weighted by molar-refractivity contribution is 5.41. The fourth-order valence-corrected chi connectivity index (χ4v) is 1.40. The van der Waals surface area contributed by atoms with Gasteiger partial charge in [-0.25, -0.2) is 0 Å². The molecule has 0 saturated carbocycles. The van der Waals surface area contributed by atoms with Crippen LogP contribution in [-0.2, 0) is 6.42 Å². The quantitative estimate of drug-likeness (QED) is 0.846. The molecule has 0 aromatic heterocycles. The van der Waals surface area contributed by atoms with Gasteiger partial charge in [-0.05, 0) is 18.1 Å². The monoisotopic (exact) mass is 265 g/mol. The maximum absolute atomic E-state index is 12.2. The molecule has 1 aromatic rings.